The number of hydrogen-bond acceptors (Lipinski definition) is 4. The molecule has 5 nitrogen and oxygen atoms in total. The quantitative estimate of drug-likeness (QED) is 0.827. The summed E-state index contributed by atoms with van der Waals surface area (Å²) in [7, 11) is 2.19. The van der Waals surface area contributed by atoms with Gasteiger partial charge in [-0.25, -0.2) is 0 Å². The van der Waals surface area contributed by atoms with Gasteiger partial charge in [0, 0.05) is 32.6 Å². The molecule has 1 fully saturated rings. The largest absolute Gasteiger partial charge is 0.304 e. The molecule has 0 amide bonds. The second kappa shape index (κ2) is 5.24. The minimum atomic E-state index is 0.898. The van der Waals surface area contributed by atoms with Gasteiger partial charge in [-0.3, -0.25) is 9.47 Å². The molecule has 1 saturated heterocycles. The van der Waals surface area contributed by atoms with Gasteiger partial charge in [-0.1, -0.05) is 18.2 Å². The van der Waals surface area contributed by atoms with Crippen molar-refractivity contribution in [2.45, 2.75) is 19.4 Å². The first kappa shape index (κ1) is 13.0. The Morgan fingerprint density at radius 2 is 1.81 bits per heavy atom. The molecule has 2 aliphatic rings. The summed E-state index contributed by atoms with van der Waals surface area (Å²) < 4.78 is 2.27. The number of piperazine rings is 1. The van der Waals surface area contributed by atoms with Crippen molar-refractivity contribution in [1.29, 1.82) is 0 Å². The molecule has 4 rings (SSSR count). The van der Waals surface area contributed by atoms with E-state index in [0.717, 1.165) is 57.2 Å². The third-order valence-electron chi connectivity index (χ3n) is 4.61. The van der Waals surface area contributed by atoms with Crippen molar-refractivity contribution >= 4 is 0 Å². The summed E-state index contributed by atoms with van der Waals surface area (Å²) in [6, 6.07) is 8.63. The van der Waals surface area contributed by atoms with Crippen LogP contribution in [0.15, 0.2) is 24.3 Å². The first-order chi connectivity index (χ1) is 10.3. The van der Waals surface area contributed by atoms with E-state index in [4.69, 9.17) is 0 Å². The van der Waals surface area contributed by atoms with Crippen molar-refractivity contribution in [3.8, 4) is 5.69 Å². The van der Waals surface area contributed by atoms with E-state index in [-0.39, 0.29) is 0 Å². The number of benzene rings is 1. The Morgan fingerprint density at radius 1 is 1.00 bits per heavy atom. The van der Waals surface area contributed by atoms with Crippen LogP contribution >= 0.6 is 0 Å². The molecule has 3 heterocycles. The second-order valence-corrected chi connectivity index (χ2v) is 6.08. The van der Waals surface area contributed by atoms with Gasteiger partial charge in [0.25, 0.3) is 0 Å². The fraction of sp³-hybridized carbons (Fsp3) is 0.500. The molecule has 2 aliphatic heterocycles. The smallest absolute Gasteiger partial charge is 0.151 e. The molecule has 21 heavy (non-hydrogen) atoms. The van der Waals surface area contributed by atoms with Gasteiger partial charge in [-0.15, -0.1) is 10.2 Å². The lowest BCUT2D eigenvalue weighted by Crippen LogP contribution is -2.44. The molecule has 0 atom stereocenters. The number of aryl methyl sites for hydroxylation is 2. The number of fused-ring (bicyclic) bond motifs is 3. The summed E-state index contributed by atoms with van der Waals surface area (Å²) in [4.78, 5) is 4.86. The topological polar surface area (TPSA) is 37.2 Å². The molecule has 5 heteroatoms. The Bertz CT molecular complexity index is 640. The predicted molar refractivity (Wildman–Crippen MR) is 81.5 cm³/mol. The highest BCUT2D eigenvalue weighted by atomic mass is 15.3. The van der Waals surface area contributed by atoms with Gasteiger partial charge in [-0.05, 0) is 25.1 Å². The van der Waals surface area contributed by atoms with Gasteiger partial charge >= 0.3 is 0 Å². The summed E-state index contributed by atoms with van der Waals surface area (Å²) in [6.07, 6.45) is 2.07. The number of rotatable bonds is 2. The first-order valence-electron chi connectivity index (χ1n) is 7.73. The molecule has 110 valence electrons. The molecule has 0 radical (unpaired) electrons. The van der Waals surface area contributed by atoms with Crippen molar-refractivity contribution in [3.63, 3.8) is 0 Å². The van der Waals surface area contributed by atoms with Crippen molar-refractivity contribution in [2.75, 3.05) is 33.2 Å². The molecule has 2 aromatic rings. The van der Waals surface area contributed by atoms with Crippen LogP contribution < -0.4 is 0 Å². The molecular weight excluding hydrogens is 262 g/mol. The lowest BCUT2D eigenvalue weighted by atomic mass is 10.0. The second-order valence-electron chi connectivity index (χ2n) is 6.08. The SMILES string of the molecule is CN1CCN(Cc2nnc3n2-c2ccccc2CC3)CC1. The third-order valence-corrected chi connectivity index (χ3v) is 4.61. The molecule has 0 spiro atoms. The number of likely N-dealkylation sites (N-methyl/N-ethyl adjacent to an activating group) is 1. The Labute approximate surface area is 125 Å². The molecule has 0 aliphatic carbocycles. The maximum atomic E-state index is 4.47. The van der Waals surface area contributed by atoms with Crippen molar-refractivity contribution < 1.29 is 0 Å². The summed E-state index contributed by atoms with van der Waals surface area (Å²) in [6.45, 7) is 5.39. The van der Waals surface area contributed by atoms with Crippen LogP contribution in [0.4, 0.5) is 0 Å². The molecule has 0 bridgehead atoms. The van der Waals surface area contributed by atoms with Gasteiger partial charge in [0.15, 0.2) is 5.82 Å². The minimum Gasteiger partial charge on any atom is -0.304 e. The first-order valence-corrected chi connectivity index (χ1v) is 7.73. The highest BCUT2D eigenvalue weighted by Crippen LogP contribution is 2.25. The van der Waals surface area contributed by atoms with Crippen LogP contribution in [-0.4, -0.2) is 57.8 Å². The van der Waals surface area contributed by atoms with Crippen LogP contribution in [0.1, 0.15) is 17.2 Å². The Hall–Kier alpha value is -1.72. The van der Waals surface area contributed by atoms with Gasteiger partial charge < -0.3 is 4.90 Å². The van der Waals surface area contributed by atoms with Crippen molar-refractivity contribution in [3.05, 3.63) is 41.5 Å². The molecule has 0 N–H and O–H groups in total. The number of para-hydroxylation sites is 1. The van der Waals surface area contributed by atoms with Gasteiger partial charge in [-0.2, -0.15) is 0 Å². The number of aromatic nitrogens is 3. The van der Waals surface area contributed by atoms with Crippen LogP contribution in [0.2, 0.25) is 0 Å². The Balaban J connectivity index is 1.63. The van der Waals surface area contributed by atoms with Gasteiger partial charge in [0.05, 0.1) is 12.2 Å². The average molecular weight is 283 g/mol. The zero-order chi connectivity index (χ0) is 14.2. The molecule has 1 aromatic heterocycles. The molecule has 0 unspecified atom stereocenters. The molecule has 0 saturated carbocycles. The van der Waals surface area contributed by atoms with Gasteiger partial charge in [0.2, 0.25) is 0 Å². The zero-order valence-electron chi connectivity index (χ0n) is 12.5. The predicted octanol–water partition coefficient (Wildman–Crippen LogP) is 1.11. The maximum Gasteiger partial charge on any atom is 0.151 e. The fourth-order valence-corrected chi connectivity index (χ4v) is 3.29. The number of hydrogen-bond donors (Lipinski definition) is 0. The van der Waals surface area contributed by atoms with E-state index < -0.39 is 0 Å². The van der Waals surface area contributed by atoms with Crippen LogP contribution in [0, 0.1) is 0 Å². The normalized spacial score (nSPS) is 19.3. The highest BCUT2D eigenvalue weighted by Gasteiger charge is 2.23. The fourth-order valence-electron chi connectivity index (χ4n) is 3.29. The Kier molecular flexibility index (Phi) is 3.24. The highest BCUT2D eigenvalue weighted by molar-refractivity contribution is 5.45. The van der Waals surface area contributed by atoms with Crippen molar-refractivity contribution in [1.82, 2.24) is 24.6 Å². The lowest BCUT2D eigenvalue weighted by Gasteiger charge is -2.32. The van der Waals surface area contributed by atoms with E-state index in [1.807, 2.05) is 0 Å². The average Bonchev–Trinajstić information content (AvgIpc) is 2.93. The maximum absolute atomic E-state index is 4.47. The van der Waals surface area contributed by atoms with E-state index in [9.17, 15) is 0 Å². The zero-order valence-corrected chi connectivity index (χ0v) is 12.5. The summed E-state index contributed by atoms with van der Waals surface area (Å²) in [5.41, 5.74) is 2.68. The monoisotopic (exact) mass is 283 g/mol. The molecular formula is C16H21N5. The number of nitrogens with zero attached hydrogens (tertiary/aromatic N) is 5. The van der Waals surface area contributed by atoms with Gasteiger partial charge in [0.1, 0.15) is 5.82 Å². The summed E-state index contributed by atoms with van der Waals surface area (Å²) in [5, 5.41) is 8.88. The van der Waals surface area contributed by atoms with E-state index in [0.29, 0.717) is 0 Å². The van der Waals surface area contributed by atoms with Crippen molar-refractivity contribution in [2.24, 2.45) is 0 Å². The van der Waals surface area contributed by atoms with E-state index in [1.54, 1.807) is 0 Å². The van der Waals surface area contributed by atoms with E-state index in [1.165, 1.54) is 11.3 Å². The summed E-state index contributed by atoms with van der Waals surface area (Å²) >= 11 is 0. The van der Waals surface area contributed by atoms with Crippen LogP contribution in [-0.2, 0) is 19.4 Å². The van der Waals surface area contributed by atoms with Crippen LogP contribution in [0.25, 0.3) is 5.69 Å². The van der Waals surface area contributed by atoms with Crippen LogP contribution in [0.3, 0.4) is 0 Å². The third kappa shape index (κ3) is 2.36. The lowest BCUT2D eigenvalue weighted by molar-refractivity contribution is 0.145. The van der Waals surface area contributed by atoms with Crippen LogP contribution in [0.5, 0.6) is 0 Å². The molecule has 1 aromatic carbocycles. The van der Waals surface area contributed by atoms with E-state index >= 15 is 0 Å². The minimum absolute atomic E-state index is 0.898. The van der Waals surface area contributed by atoms with E-state index in [2.05, 4.69) is 55.9 Å². The standard InChI is InChI=1S/C16H21N5/c1-19-8-10-20(11-9-19)12-16-18-17-15-7-6-13-4-2-3-5-14(13)21(15)16/h2-5H,6-12H2,1H3. The summed E-state index contributed by atoms with van der Waals surface area (Å²) in [5.74, 6) is 2.19. The Morgan fingerprint density at radius 3 is 2.67 bits per heavy atom.